The van der Waals surface area contributed by atoms with Crippen molar-refractivity contribution in [2.24, 2.45) is 16.5 Å². The Labute approximate surface area is 212 Å². The fourth-order valence-corrected chi connectivity index (χ4v) is 7.16. The minimum absolute atomic E-state index is 0.00944. The van der Waals surface area contributed by atoms with Crippen molar-refractivity contribution in [1.29, 1.82) is 0 Å². The zero-order valence-corrected chi connectivity index (χ0v) is 22.1. The van der Waals surface area contributed by atoms with Crippen molar-refractivity contribution in [3.63, 3.8) is 0 Å². The van der Waals surface area contributed by atoms with Gasteiger partial charge in [0.1, 0.15) is 6.61 Å². The Morgan fingerprint density at radius 2 is 1.88 bits per heavy atom. The van der Waals surface area contributed by atoms with E-state index < -0.39 is 5.41 Å². The highest BCUT2D eigenvalue weighted by atomic mass is 35.5. The topological polar surface area (TPSA) is 47.9 Å². The first-order valence-electron chi connectivity index (χ1n) is 12.0. The van der Waals surface area contributed by atoms with Crippen molar-refractivity contribution in [3.8, 4) is 0 Å². The van der Waals surface area contributed by atoms with Gasteiger partial charge in [-0.25, -0.2) is 0 Å². The molecule has 34 heavy (non-hydrogen) atoms. The van der Waals surface area contributed by atoms with Gasteiger partial charge in [0, 0.05) is 10.6 Å². The van der Waals surface area contributed by atoms with Crippen LogP contribution in [-0.4, -0.2) is 18.8 Å². The summed E-state index contributed by atoms with van der Waals surface area (Å²) in [5.74, 6) is -0.0220. The predicted octanol–water partition coefficient (Wildman–Crippen LogP) is 7.68. The summed E-state index contributed by atoms with van der Waals surface area (Å²) < 4.78 is 5.28. The maximum atomic E-state index is 13.0. The highest BCUT2D eigenvalue weighted by molar-refractivity contribution is 6.39. The van der Waals surface area contributed by atoms with E-state index in [1.807, 2.05) is 37.3 Å². The molecule has 0 unspecified atom stereocenters. The normalized spacial score (nSPS) is 27.3. The van der Waals surface area contributed by atoms with E-state index in [0.29, 0.717) is 23.1 Å². The summed E-state index contributed by atoms with van der Waals surface area (Å²) in [6, 6.07) is 12.0. The summed E-state index contributed by atoms with van der Waals surface area (Å²) in [6.45, 7) is 8.80. The van der Waals surface area contributed by atoms with Gasteiger partial charge < -0.3 is 9.57 Å². The third-order valence-electron chi connectivity index (χ3n) is 7.96. The smallest absolute Gasteiger partial charge is 0.311 e. The van der Waals surface area contributed by atoms with E-state index in [0.717, 1.165) is 47.2 Å². The summed E-state index contributed by atoms with van der Waals surface area (Å²) in [5.41, 5.74) is 3.79. The number of esters is 1. The standard InChI is InChI=1S/C28H33Cl2NO3/c1-17(2)23-20(29)14-19-24(25(23)30)21(31-34-16-18-10-7-6-8-11-18)15-22-27(19,3)12-9-13-28(22,4)26(32)33-5/h6-8,10-11,14,17,22H,9,12-13,15-16H2,1-5H3/b31-21+/t22-,27-,28-/m1/s1. The maximum absolute atomic E-state index is 13.0. The number of methoxy groups -OCH3 is 1. The number of rotatable bonds is 5. The van der Waals surface area contributed by atoms with Gasteiger partial charge in [-0.2, -0.15) is 0 Å². The van der Waals surface area contributed by atoms with Crippen LogP contribution in [0.15, 0.2) is 41.6 Å². The van der Waals surface area contributed by atoms with Crippen LogP contribution in [0.1, 0.15) is 81.5 Å². The SMILES string of the molecule is COC(=O)[C@]1(C)CCC[C@]2(C)c3cc(Cl)c(C(C)C)c(Cl)c3/C(=N/OCc3ccccc3)C[C@@H]12. The molecule has 2 aliphatic carbocycles. The van der Waals surface area contributed by atoms with Gasteiger partial charge in [-0.3, -0.25) is 4.79 Å². The average Bonchev–Trinajstić information content (AvgIpc) is 2.80. The first kappa shape index (κ1) is 25.1. The molecule has 0 bridgehead atoms. The molecule has 0 aliphatic heterocycles. The van der Waals surface area contributed by atoms with Crippen LogP contribution in [0.5, 0.6) is 0 Å². The molecule has 1 saturated carbocycles. The number of nitrogens with zero attached hydrogens (tertiary/aromatic N) is 1. The van der Waals surface area contributed by atoms with Crippen LogP contribution >= 0.6 is 23.2 Å². The summed E-state index contributed by atoms with van der Waals surface area (Å²) in [7, 11) is 1.47. The van der Waals surface area contributed by atoms with Gasteiger partial charge in [-0.15, -0.1) is 0 Å². The molecule has 6 heteroatoms. The van der Waals surface area contributed by atoms with E-state index in [-0.39, 0.29) is 23.2 Å². The lowest BCUT2D eigenvalue weighted by Gasteiger charge is -2.54. The van der Waals surface area contributed by atoms with E-state index in [9.17, 15) is 4.79 Å². The molecule has 0 spiro atoms. The fraction of sp³-hybridized carbons (Fsp3) is 0.500. The third-order valence-corrected chi connectivity index (χ3v) is 8.67. The van der Waals surface area contributed by atoms with E-state index in [1.165, 1.54) is 7.11 Å². The van der Waals surface area contributed by atoms with Gasteiger partial charge in [0.05, 0.1) is 23.3 Å². The monoisotopic (exact) mass is 501 g/mol. The molecule has 0 saturated heterocycles. The van der Waals surface area contributed by atoms with Gasteiger partial charge in [0.15, 0.2) is 0 Å². The third kappa shape index (κ3) is 4.13. The van der Waals surface area contributed by atoms with Gasteiger partial charge in [-0.05, 0) is 66.2 Å². The molecular formula is C28H33Cl2NO3. The Morgan fingerprint density at radius 1 is 1.18 bits per heavy atom. The Morgan fingerprint density at radius 3 is 2.53 bits per heavy atom. The van der Waals surface area contributed by atoms with Crippen molar-refractivity contribution >= 4 is 34.9 Å². The van der Waals surface area contributed by atoms with Gasteiger partial charge >= 0.3 is 5.97 Å². The number of carbonyl (C=O) groups is 1. The van der Waals surface area contributed by atoms with Crippen LogP contribution in [-0.2, 0) is 26.4 Å². The lowest BCUT2D eigenvalue weighted by Crippen LogP contribution is -2.54. The number of fused-ring (bicyclic) bond motifs is 3. The molecule has 4 rings (SSSR count). The Bertz CT molecular complexity index is 1110. The number of oxime groups is 1. The van der Waals surface area contributed by atoms with E-state index in [1.54, 1.807) is 0 Å². The number of ether oxygens (including phenoxy) is 1. The minimum atomic E-state index is -0.630. The fourth-order valence-electron chi connectivity index (χ4n) is 6.16. The maximum Gasteiger partial charge on any atom is 0.311 e. The van der Waals surface area contributed by atoms with Crippen LogP contribution < -0.4 is 0 Å². The second-order valence-electron chi connectivity index (χ2n) is 10.4. The molecule has 0 N–H and O–H groups in total. The van der Waals surface area contributed by atoms with Gasteiger partial charge in [0.2, 0.25) is 0 Å². The number of halogens is 2. The predicted molar refractivity (Wildman–Crippen MR) is 138 cm³/mol. The molecule has 0 amide bonds. The lowest BCUT2D eigenvalue weighted by molar-refractivity contribution is -0.160. The number of hydrogen-bond acceptors (Lipinski definition) is 4. The van der Waals surface area contributed by atoms with Crippen molar-refractivity contribution in [3.05, 3.63) is 68.7 Å². The number of carbonyl (C=O) groups excluding carboxylic acids is 1. The first-order valence-corrected chi connectivity index (χ1v) is 12.7. The quantitative estimate of drug-likeness (QED) is 0.311. The van der Waals surface area contributed by atoms with Crippen molar-refractivity contribution < 1.29 is 14.4 Å². The van der Waals surface area contributed by atoms with Crippen LogP contribution in [0.25, 0.3) is 0 Å². The Balaban J connectivity index is 1.86. The van der Waals surface area contributed by atoms with Crippen molar-refractivity contribution in [2.75, 3.05) is 7.11 Å². The van der Waals surface area contributed by atoms with E-state index in [4.69, 9.17) is 32.8 Å². The molecule has 0 radical (unpaired) electrons. The molecule has 182 valence electrons. The second kappa shape index (κ2) is 9.54. The lowest BCUT2D eigenvalue weighted by atomic mass is 9.49. The van der Waals surface area contributed by atoms with Crippen LogP contribution in [0, 0.1) is 11.3 Å². The zero-order valence-electron chi connectivity index (χ0n) is 20.6. The van der Waals surface area contributed by atoms with Gasteiger partial charge in [0.25, 0.3) is 0 Å². The largest absolute Gasteiger partial charge is 0.469 e. The summed E-state index contributed by atoms with van der Waals surface area (Å²) >= 11 is 13.9. The minimum Gasteiger partial charge on any atom is -0.469 e. The zero-order chi connectivity index (χ0) is 24.7. The highest BCUT2D eigenvalue weighted by Gasteiger charge is 2.57. The molecule has 4 nitrogen and oxygen atoms in total. The first-order chi connectivity index (χ1) is 16.1. The average molecular weight is 502 g/mol. The summed E-state index contributed by atoms with van der Waals surface area (Å²) in [5, 5.41) is 5.93. The van der Waals surface area contributed by atoms with Crippen LogP contribution in [0.3, 0.4) is 0 Å². The summed E-state index contributed by atoms with van der Waals surface area (Å²) in [4.78, 5) is 18.9. The molecule has 2 aromatic carbocycles. The van der Waals surface area contributed by atoms with E-state index >= 15 is 0 Å². The van der Waals surface area contributed by atoms with E-state index in [2.05, 4.69) is 32.0 Å². The van der Waals surface area contributed by atoms with Crippen LogP contribution in [0.2, 0.25) is 10.0 Å². The molecular weight excluding hydrogens is 469 g/mol. The Kier molecular flexibility index (Phi) is 7.04. The number of hydrogen-bond donors (Lipinski definition) is 0. The molecule has 3 atom stereocenters. The number of benzene rings is 2. The second-order valence-corrected chi connectivity index (χ2v) is 11.2. The molecule has 2 aliphatic rings. The molecule has 0 aromatic heterocycles. The highest BCUT2D eigenvalue weighted by Crippen LogP contribution is 2.59. The van der Waals surface area contributed by atoms with Crippen molar-refractivity contribution in [2.45, 2.75) is 71.3 Å². The molecule has 0 heterocycles. The van der Waals surface area contributed by atoms with Crippen molar-refractivity contribution in [1.82, 2.24) is 0 Å². The molecule has 1 fully saturated rings. The van der Waals surface area contributed by atoms with Crippen LogP contribution in [0.4, 0.5) is 0 Å². The molecule has 2 aromatic rings. The summed E-state index contributed by atoms with van der Waals surface area (Å²) in [6.07, 6.45) is 3.24. The Hall–Kier alpha value is -2.04. The van der Waals surface area contributed by atoms with Gasteiger partial charge in [-0.1, -0.05) is 85.9 Å².